The van der Waals surface area contributed by atoms with Crippen LogP contribution in [0.4, 0.5) is 0 Å². The largest absolute Gasteiger partial charge is 0.490 e. The number of aliphatic hydroxyl groups is 1. The van der Waals surface area contributed by atoms with E-state index >= 15 is 0 Å². The molecular weight excluding hydrogens is 316 g/mol. The highest BCUT2D eigenvalue weighted by molar-refractivity contribution is 9.10. The Bertz CT molecular complexity index is 408. The van der Waals surface area contributed by atoms with Crippen molar-refractivity contribution in [2.24, 2.45) is 0 Å². The second-order valence-corrected chi connectivity index (χ2v) is 4.42. The fourth-order valence-corrected chi connectivity index (χ4v) is 2.00. The van der Waals surface area contributed by atoms with E-state index in [1.807, 2.05) is 6.92 Å². The maximum atomic E-state index is 10.8. The van der Waals surface area contributed by atoms with Gasteiger partial charge in [-0.1, -0.05) is 0 Å². The first-order chi connectivity index (χ1) is 9.22. The summed E-state index contributed by atoms with van der Waals surface area (Å²) < 4.78 is 16.8. The first kappa shape index (κ1) is 15.9. The van der Waals surface area contributed by atoms with Gasteiger partial charge in [0, 0.05) is 5.56 Å². The van der Waals surface area contributed by atoms with Crippen molar-refractivity contribution in [3.8, 4) is 11.5 Å². The monoisotopic (exact) mass is 332 g/mol. The molecule has 0 spiro atoms. The highest BCUT2D eigenvalue weighted by Crippen LogP contribution is 2.36. The lowest BCUT2D eigenvalue weighted by atomic mass is 10.2. The molecule has 0 atom stereocenters. The molecule has 0 amide bonds. The van der Waals surface area contributed by atoms with E-state index in [0.717, 1.165) is 6.29 Å². The van der Waals surface area contributed by atoms with E-state index in [4.69, 9.17) is 19.3 Å². The number of hydrogen-bond acceptors (Lipinski definition) is 5. The van der Waals surface area contributed by atoms with Crippen LogP contribution in [0.2, 0.25) is 0 Å². The molecule has 0 saturated carbocycles. The predicted molar refractivity (Wildman–Crippen MR) is 74.1 cm³/mol. The second-order valence-electron chi connectivity index (χ2n) is 3.57. The van der Waals surface area contributed by atoms with E-state index in [-0.39, 0.29) is 13.2 Å². The molecule has 106 valence electrons. The molecular formula is C13H17BrO5. The van der Waals surface area contributed by atoms with Gasteiger partial charge in [0.1, 0.15) is 12.9 Å². The van der Waals surface area contributed by atoms with Gasteiger partial charge in [-0.25, -0.2) is 0 Å². The zero-order valence-electron chi connectivity index (χ0n) is 10.7. The van der Waals surface area contributed by atoms with Crippen LogP contribution >= 0.6 is 15.9 Å². The maximum absolute atomic E-state index is 10.8. The molecule has 0 heterocycles. The van der Waals surface area contributed by atoms with Gasteiger partial charge in [-0.05, 0) is 35.0 Å². The predicted octanol–water partition coefficient (Wildman–Crippen LogP) is 2.05. The number of aldehydes is 1. The molecule has 5 nitrogen and oxygen atoms in total. The van der Waals surface area contributed by atoms with Crippen LogP contribution in [0.1, 0.15) is 17.3 Å². The minimum absolute atomic E-state index is 0.0120. The van der Waals surface area contributed by atoms with Gasteiger partial charge in [0.15, 0.2) is 11.5 Å². The van der Waals surface area contributed by atoms with Crippen LogP contribution in [0.15, 0.2) is 16.6 Å². The molecule has 0 aliphatic rings. The fourth-order valence-electron chi connectivity index (χ4n) is 1.43. The van der Waals surface area contributed by atoms with Crippen LogP contribution in [0.5, 0.6) is 11.5 Å². The molecule has 0 aliphatic heterocycles. The molecule has 0 saturated heterocycles. The summed E-state index contributed by atoms with van der Waals surface area (Å²) in [6, 6.07) is 3.30. The van der Waals surface area contributed by atoms with Crippen LogP contribution < -0.4 is 9.47 Å². The summed E-state index contributed by atoms with van der Waals surface area (Å²) in [5.74, 6) is 1.06. The Kier molecular flexibility index (Phi) is 7.47. The number of aliphatic hydroxyl groups excluding tert-OH is 1. The molecule has 0 unspecified atom stereocenters. The standard InChI is InChI=1S/C13H17BrO5/c1-2-18-12-8-10(9-16)7-11(14)13(12)19-6-5-17-4-3-15/h7-9,15H,2-6H2,1H3. The highest BCUT2D eigenvalue weighted by Gasteiger charge is 2.12. The number of benzene rings is 1. The zero-order valence-corrected chi connectivity index (χ0v) is 12.3. The van der Waals surface area contributed by atoms with E-state index in [1.54, 1.807) is 12.1 Å². The number of ether oxygens (including phenoxy) is 3. The van der Waals surface area contributed by atoms with Crippen molar-refractivity contribution in [1.29, 1.82) is 0 Å². The minimum atomic E-state index is -0.0120. The smallest absolute Gasteiger partial charge is 0.175 e. The summed E-state index contributed by atoms with van der Waals surface area (Å²) in [5, 5.41) is 8.57. The molecule has 1 rings (SSSR count). The molecule has 6 heteroatoms. The van der Waals surface area contributed by atoms with Gasteiger partial charge in [-0.2, -0.15) is 0 Å². The van der Waals surface area contributed by atoms with E-state index in [1.165, 1.54) is 0 Å². The van der Waals surface area contributed by atoms with E-state index in [0.29, 0.717) is 41.4 Å². The lowest BCUT2D eigenvalue weighted by Gasteiger charge is -2.14. The Morgan fingerprint density at radius 1 is 1.26 bits per heavy atom. The van der Waals surface area contributed by atoms with Gasteiger partial charge in [-0.15, -0.1) is 0 Å². The Hall–Kier alpha value is -1.11. The lowest BCUT2D eigenvalue weighted by Crippen LogP contribution is -2.10. The average Bonchev–Trinajstić information content (AvgIpc) is 2.41. The van der Waals surface area contributed by atoms with Gasteiger partial charge in [0.25, 0.3) is 0 Å². The van der Waals surface area contributed by atoms with Crippen LogP contribution in [0.25, 0.3) is 0 Å². The molecule has 0 aromatic heterocycles. The number of halogens is 1. The van der Waals surface area contributed by atoms with E-state index in [2.05, 4.69) is 15.9 Å². The number of rotatable bonds is 9. The molecule has 1 N–H and O–H groups in total. The third-order valence-electron chi connectivity index (χ3n) is 2.18. The van der Waals surface area contributed by atoms with Gasteiger partial charge in [0.05, 0.1) is 30.9 Å². The van der Waals surface area contributed by atoms with Gasteiger partial charge in [0.2, 0.25) is 0 Å². The maximum Gasteiger partial charge on any atom is 0.175 e. The second kappa shape index (κ2) is 8.90. The molecule has 0 aliphatic carbocycles. The van der Waals surface area contributed by atoms with Gasteiger partial charge < -0.3 is 19.3 Å². The summed E-state index contributed by atoms with van der Waals surface area (Å²) in [6.45, 7) is 3.31. The quantitative estimate of drug-likeness (QED) is 0.553. The third-order valence-corrected chi connectivity index (χ3v) is 2.77. The number of hydrogen-bond donors (Lipinski definition) is 1. The van der Waals surface area contributed by atoms with Crippen molar-refractivity contribution in [1.82, 2.24) is 0 Å². The van der Waals surface area contributed by atoms with Gasteiger partial charge in [-0.3, -0.25) is 4.79 Å². The zero-order chi connectivity index (χ0) is 14.1. The lowest BCUT2D eigenvalue weighted by molar-refractivity contribution is 0.0695. The summed E-state index contributed by atoms with van der Waals surface area (Å²) in [4.78, 5) is 10.8. The average molecular weight is 333 g/mol. The van der Waals surface area contributed by atoms with Crippen molar-refractivity contribution in [2.75, 3.05) is 33.0 Å². The summed E-state index contributed by atoms with van der Waals surface area (Å²) in [7, 11) is 0. The van der Waals surface area contributed by atoms with Crippen LogP contribution in [0.3, 0.4) is 0 Å². The Morgan fingerprint density at radius 2 is 2.05 bits per heavy atom. The first-order valence-corrected chi connectivity index (χ1v) is 6.75. The molecule has 0 bridgehead atoms. The van der Waals surface area contributed by atoms with Crippen LogP contribution in [-0.2, 0) is 4.74 Å². The molecule has 1 aromatic carbocycles. The topological polar surface area (TPSA) is 65.0 Å². The Labute approximate surface area is 120 Å². The van der Waals surface area contributed by atoms with E-state index in [9.17, 15) is 4.79 Å². The summed E-state index contributed by atoms with van der Waals surface area (Å²) in [5.41, 5.74) is 0.513. The van der Waals surface area contributed by atoms with E-state index < -0.39 is 0 Å². The Morgan fingerprint density at radius 3 is 2.68 bits per heavy atom. The van der Waals surface area contributed by atoms with Crippen molar-refractivity contribution in [3.63, 3.8) is 0 Å². The van der Waals surface area contributed by atoms with Gasteiger partial charge >= 0.3 is 0 Å². The summed E-state index contributed by atoms with van der Waals surface area (Å²) in [6.07, 6.45) is 0.751. The Balaban J connectivity index is 2.71. The van der Waals surface area contributed by atoms with Crippen molar-refractivity contribution < 1.29 is 24.1 Å². The molecule has 1 aromatic rings. The number of carbonyl (C=O) groups excluding carboxylic acids is 1. The van der Waals surface area contributed by atoms with Crippen molar-refractivity contribution in [3.05, 3.63) is 22.2 Å². The fraction of sp³-hybridized carbons (Fsp3) is 0.462. The number of carbonyl (C=O) groups is 1. The first-order valence-electron chi connectivity index (χ1n) is 5.95. The van der Waals surface area contributed by atoms with Crippen LogP contribution in [-0.4, -0.2) is 44.4 Å². The molecule has 0 fully saturated rings. The SMILES string of the molecule is CCOc1cc(C=O)cc(Br)c1OCCOCCO. The minimum Gasteiger partial charge on any atom is -0.490 e. The van der Waals surface area contributed by atoms with Crippen molar-refractivity contribution in [2.45, 2.75) is 6.92 Å². The van der Waals surface area contributed by atoms with Crippen molar-refractivity contribution >= 4 is 22.2 Å². The normalized spacial score (nSPS) is 10.3. The summed E-state index contributed by atoms with van der Waals surface area (Å²) >= 11 is 3.35. The molecule has 19 heavy (non-hydrogen) atoms. The highest BCUT2D eigenvalue weighted by atomic mass is 79.9. The third kappa shape index (κ3) is 5.18. The van der Waals surface area contributed by atoms with Crippen LogP contribution in [0, 0.1) is 0 Å². The molecule has 0 radical (unpaired) electrons.